The molecule has 1 unspecified atom stereocenters. The molecule has 17 heavy (non-hydrogen) atoms. The van der Waals surface area contributed by atoms with Gasteiger partial charge in [-0.1, -0.05) is 13.8 Å². The SMILES string of the molecule is CC1(C)CNCCC1NS(=O)(=O)c1cnc[nH]1. The average molecular weight is 258 g/mol. The molecule has 0 spiro atoms. The lowest BCUT2D eigenvalue weighted by molar-refractivity contribution is 0.206. The lowest BCUT2D eigenvalue weighted by Gasteiger charge is -2.39. The summed E-state index contributed by atoms with van der Waals surface area (Å²) in [6, 6.07) is -0.0583. The van der Waals surface area contributed by atoms with Crippen molar-refractivity contribution in [2.75, 3.05) is 13.1 Å². The van der Waals surface area contributed by atoms with Crippen molar-refractivity contribution in [3.63, 3.8) is 0 Å². The Labute approximate surface area is 101 Å². The van der Waals surface area contributed by atoms with Gasteiger partial charge in [0.1, 0.15) is 0 Å². The summed E-state index contributed by atoms with van der Waals surface area (Å²) in [4.78, 5) is 6.35. The highest BCUT2D eigenvalue weighted by Gasteiger charge is 2.35. The van der Waals surface area contributed by atoms with Gasteiger partial charge in [0, 0.05) is 12.6 Å². The van der Waals surface area contributed by atoms with Crippen molar-refractivity contribution in [3.8, 4) is 0 Å². The Balaban J connectivity index is 2.15. The number of hydrogen-bond donors (Lipinski definition) is 3. The van der Waals surface area contributed by atoms with Crippen molar-refractivity contribution in [1.29, 1.82) is 0 Å². The Morgan fingerprint density at radius 1 is 1.53 bits per heavy atom. The zero-order valence-corrected chi connectivity index (χ0v) is 10.8. The third-order valence-electron chi connectivity index (χ3n) is 3.19. The van der Waals surface area contributed by atoms with E-state index in [1.807, 2.05) is 0 Å². The Morgan fingerprint density at radius 2 is 2.29 bits per heavy atom. The molecule has 1 aromatic heterocycles. The minimum Gasteiger partial charge on any atom is -0.335 e. The molecule has 0 bridgehead atoms. The van der Waals surface area contributed by atoms with E-state index in [0.717, 1.165) is 19.5 Å². The first-order valence-electron chi connectivity index (χ1n) is 5.63. The molecule has 3 N–H and O–H groups in total. The minimum atomic E-state index is -3.48. The minimum absolute atomic E-state index is 0.0583. The fraction of sp³-hybridized carbons (Fsp3) is 0.700. The van der Waals surface area contributed by atoms with Crippen LogP contribution in [-0.4, -0.2) is 37.5 Å². The number of nitrogens with zero attached hydrogens (tertiary/aromatic N) is 1. The first kappa shape index (κ1) is 12.5. The fourth-order valence-corrected chi connectivity index (χ4v) is 3.38. The maximum absolute atomic E-state index is 12.0. The highest BCUT2D eigenvalue weighted by molar-refractivity contribution is 7.89. The third kappa shape index (κ3) is 2.67. The summed E-state index contributed by atoms with van der Waals surface area (Å²) in [6.07, 6.45) is 3.47. The predicted octanol–water partition coefficient (Wildman–Crippen LogP) is 0.0761. The molecule has 2 rings (SSSR count). The number of rotatable bonds is 3. The Kier molecular flexibility index (Phi) is 3.24. The van der Waals surface area contributed by atoms with Crippen LogP contribution in [0.25, 0.3) is 0 Å². The number of aromatic nitrogens is 2. The number of nitrogens with one attached hydrogen (secondary N) is 3. The van der Waals surface area contributed by atoms with E-state index in [1.165, 1.54) is 12.5 Å². The van der Waals surface area contributed by atoms with Crippen LogP contribution in [0.1, 0.15) is 20.3 Å². The van der Waals surface area contributed by atoms with E-state index in [4.69, 9.17) is 0 Å². The Morgan fingerprint density at radius 3 is 2.88 bits per heavy atom. The molecule has 0 saturated carbocycles. The van der Waals surface area contributed by atoms with E-state index in [0.29, 0.717) is 0 Å². The van der Waals surface area contributed by atoms with Gasteiger partial charge in [0.2, 0.25) is 0 Å². The second kappa shape index (κ2) is 4.40. The van der Waals surface area contributed by atoms with Crippen LogP contribution in [0.15, 0.2) is 17.6 Å². The van der Waals surface area contributed by atoms with Crippen LogP contribution < -0.4 is 10.0 Å². The van der Waals surface area contributed by atoms with E-state index < -0.39 is 10.0 Å². The van der Waals surface area contributed by atoms with Gasteiger partial charge >= 0.3 is 0 Å². The number of H-pyrrole nitrogens is 1. The number of sulfonamides is 1. The Hall–Kier alpha value is -0.920. The first-order valence-corrected chi connectivity index (χ1v) is 7.11. The van der Waals surface area contributed by atoms with Crippen molar-refractivity contribution >= 4 is 10.0 Å². The van der Waals surface area contributed by atoms with Gasteiger partial charge in [0.25, 0.3) is 10.0 Å². The molecule has 0 radical (unpaired) electrons. The first-order chi connectivity index (χ1) is 7.92. The second-order valence-corrected chi connectivity index (χ2v) is 6.73. The predicted molar refractivity (Wildman–Crippen MR) is 64.0 cm³/mol. The molecule has 6 nitrogen and oxygen atoms in total. The molecule has 1 atom stereocenters. The summed E-state index contributed by atoms with van der Waals surface area (Å²) in [5.41, 5.74) is -0.0919. The molecule has 1 saturated heterocycles. The smallest absolute Gasteiger partial charge is 0.257 e. The van der Waals surface area contributed by atoms with Crippen molar-refractivity contribution < 1.29 is 8.42 Å². The van der Waals surface area contributed by atoms with Crippen molar-refractivity contribution in [3.05, 3.63) is 12.5 Å². The molecule has 1 fully saturated rings. The van der Waals surface area contributed by atoms with Gasteiger partial charge in [-0.3, -0.25) is 0 Å². The van der Waals surface area contributed by atoms with E-state index in [1.54, 1.807) is 0 Å². The summed E-state index contributed by atoms with van der Waals surface area (Å²) in [5.74, 6) is 0. The quantitative estimate of drug-likeness (QED) is 0.716. The molecule has 1 aliphatic rings. The van der Waals surface area contributed by atoms with Crippen LogP contribution in [0, 0.1) is 5.41 Å². The largest absolute Gasteiger partial charge is 0.335 e. The molecule has 2 heterocycles. The topological polar surface area (TPSA) is 86.9 Å². The van der Waals surface area contributed by atoms with Gasteiger partial charge < -0.3 is 10.3 Å². The van der Waals surface area contributed by atoms with Gasteiger partial charge in [-0.15, -0.1) is 0 Å². The monoisotopic (exact) mass is 258 g/mol. The lowest BCUT2D eigenvalue weighted by Crippen LogP contribution is -2.54. The zero-order chi connectivity index (χ0) is 12.5. The molecule has 0 aliphatic carbocycles. The number of imidazole rings is 1. The number of aromatic amines is 1. The summed E-state index contributed by atoms with van der Waals surface area (Å²) < 4.78 is 26.8. The van der Waals surface area contributed by atoms with Gasteiger partial charge in [-0.2, -0.15) is 0 Å². The summed E-state index contributed by atoms with van der Waals surface area (Å²) >= 11 is 0. The van der Waals surface area contributed by atoms with Gasteiger partial charge in [-0.25, -0.2) is 18.1 Å². The van der Waals surface area contributed by atoms with Crippen molar-refractivity contribution in [2.45, 2.75) is 31.3 Å². The second-order valence-electron chi connectivity index (χ2n) is 5.04. The molecular weight excluding hydrogens is 240 g/mol. The molecule has 96 valence electrons. The Bertz CT molecular complexity index is 467. The number of piperidine rings is 1. The van der Waals surface area contributed by atoms with Crippen LogP contribution >= 0.6 is 0 Å². The number of hydrogen-bond acceptors (Lipinski definition) is 4. The maximum Gasteiger partial charge on any atom is 0.257 e. The highest BCUT2D eigenvalue weighted by Crippen LogP contribution is 2.26. The van der Waals surface area contributed by atoms with Crippen molar-refractivity contribution in [1.82, 2.24) is 20.0 Å². The van der Waals surface area contributed by atoms with Gasteiger partial charge in [-0.05, 0) is 18.4 Å². The van der Waals surface area contributed by atoms with Crippen LogP contribution in [0.2, 0.25) is 0 Å². The standard InChI is InChI=1S/C10H18N4O2S/c1-10(2)6-11-4-3-8(10)14-17(15,16)9-5-12-7-13-9/h5,7-8,11,14H,3-4,6H2,1-2H3,(H,12,13). The zero-order valence-electron chi connectivity index (χ0n) is 10.0. The van der Waals surface area contributed by atoms with E-state index >= 15 is 0 Å². The maximum atomic E-state index is 12.0. The summed E-state index contributed by atoms with van der Waals surface area (Å²) in [7, 11) is -3.48. The highest BCUT2D eigenvalue weighted by atomic mass is 32.2. The summed E-state index contributed by atoms with van der Waals surface area (Å²) in [6.45, 7) is 5.75. The van der Waals surface area contributed by atoms with Crippen molar-refractivity contribution in [2.24, 2.45) is 5.41 Å². The molecule has 7 heteroatoms. The van der Waals surface area contributed by atoms with Gasteiger partial charge in [0.15, 0.2) is 5.03 Å². The summed E-state index contributed by atoms with van der Waals surface area (Å²) in [5, 5.41) is 3.39. The molecule has 1 aliphatic heterocycles. The van der Waals surface area contributed by atoms with E-state index in [2.05, 4.69) is 33.9 Å². The van der Waals surface area contributed by atoms with Crippen LogP contribution in [0.5, 0.6) is 0 Å². The average Bonchev–Trinajstić information content (AvgIpc) is 2.74. The lowest BCUT2D eigenvalue weighted by atomic mass is 9.81. The van der Waals surface area contributed by atoms with Crippen LogP contribution in [0.3, 0.4) is 0 Å². The third-order valence-corrected chi connectivity index (χ3v) is 4.59. The van der Waals surface area contributed by atoms with Crippen LogP contribution in [0.4, 0.5) is 0 Å². The van der Waals surface area contributed by atoms with E-state index in [-0.39, 0.29) is 16.5 Å². The van der Waals surface area contributed by atoms with Gasteiger partial charge in [0.05, 0.1) is 12.5 Å². The fourth-order valence-electron chi connectivity index (χ4n) is 2.03. The molecule has 1 aromatic rings. The molecule has 0 amide bonds. The molecule has 0 aromatic carbocycles. The van der Waals surface area contributed by atoms with E-state index in [9.17, 15) is 8.42 Å². The molecular formula is C10H18N4O2S. The van der Waals surface area contributed by atoms with Crippen LogP contribution in [-0.2, 0) is 10.0 Å². The normalized spacial score (nSPS) is 24.7.